The highest BCUT2D eigenvalue weighted by atomic mass is 32.2. The van der Waals surface area contributed by atoms with Crippen LogP contribution in [0.25, 0.3) is 22.0 Å². The van der Waals surface area contributed by atoms with E-state index in [1.807, 2.05) is 6.07 Å². The predicted octanol–water partition coefficient (Wildman–Crippen LogP) is 1.66. The third-order valence-corrected chi connectivity index (χ3v) is 7.24. The standard InChI is InChI=1S/C24H23N7O6S/c1-36-22-20(30-38(34,35)17-12-27-24(33)28-13-17)10-16(11-26-22)14-2-3-19-15(8-14)9-18(21(25)29-19)23(32)31-4-6-37-7-5-31/h2-3,8-13,30H,4-7H2,1H3,(H2,25,29)(H,27,28,33). The predicted molar refractivity (Wildman–Crippen MR) is 137 cm³/mol. The molecule has 14 heteroatoms. The zero-order valence-electron chi connectivity index (χ0n) is 20.2. The first-order valence-corrected chi connectivity index (χ1v) is 12.9. The second-order valence-electron chi connectivity index (χ2n) is 8.34. The Kier molecular flexibility index (Phi) is 6.65. The van der Waals surface area contributed by atoms with Crippen LogP contribution in [-0.2, 0) is 14.8 Å². The summed E-state index contributed by atoms with van der Waals surface area (Å²) in [5, 5.41) is 9.93. The van der Waals surface area contributed by atoms with Crippen LogP contribution in [0.15, 0.2) is 53.8 Å². The number of aromatic nitrogens is 4. The van der Waals surface area contributed by atoms with Crippen molar-refractivity contribution in [3.63, 3.8) is 0 Å². The number of amides is 1. The van der Waals surface area contributed by atoms with Crippen molar-refractivity contribution in [2.24, 2.45) is 0 Å². The van der Waals surface area contributed by atoms with Crippen molar-refractivity contribution >= 4 is 38.3 Å². The summed E-state index contributed by atoms with van der Waals surface area (Å²) in [6.45, 7) is 1.88. The molecule has 5 rings (SSSR count). The Balaban J connectivity index is 1.50. The van der Waals surface area contributed by atoms with Gasteiger partial charge in [-0.1, -0.05) is 6.07 Å². The maximum atomic E-state index is 13.0. The van der Waals surface area contributed by atoms with E-state index in [1.54, 1.807) is 29.2 Å². The Morgan fingerprint density at radius 3 is 2.53 bits per heavy atom. The molecule has 1 aliphatic rings. The van der Waals surface area contributed by atoms with Crippen LogP contribution in [0.1, 0.15) is 10.4 Å². The quantitative estimate of drug-likeness (QED) is 0.325. The molecule has 4 aromatic rings. The summed E-state index contributed by atoms with van der Waals surface area (Å²) >= 11 is 0. The van der Waals surface area contributed by atoms with Gasteiger partial charge in [0.1, 0.15) is 16.4 Å². The number of nitrogens with two attached hydrogens (primary N) is 1. The van der Waals surface area contributed by atoms with Gasteiger partial charge in [-0.3, -0.25) is 9.52 Å². The number of benzene rings is 1. The molecule has 0 aliphatic carbocycles. The maximum absolute atomic E-state index is 13.0. The van der Waals surface area contributed by atoms with E-state index < -0.39 is 16.0 Å². The van der Waals surface area contributed by atoms with E-state index in [2.05, 4.69) is 24.7 Å². The molecule has 3 aromatic heterocycles. The SMILES string of the molecule is COc1ncc(-c2ccc3nc(N)c(C(=O)N4CCOCC4)cc3c2)cc1NS(=O)(=O)c1cnc(O)nc1. The first-order chi connectivity index (χ1) is 18.2. The maximum Gasteiger partial charge on any atom is 0.313 e. The van der Waals surface area contributed by atoms with E-state index >= 15 is 0 Å². The highest BCUT2D eigenvalue weighted by Crippen LogP contribution is 2.32. The molecule has 38 heavy (non-hydrogen) atoms. The van der Waals surface area contributed by atoms with E-state index in [9.17, 15) is 18.3 Å². The van der Waals surface area contributed by atoms with E-state index in [-0.39, 0.29) is 28.2 Å². The monoisotopic (exact) mass is 537 g/mol. The third-order valence-electron chi connectivity index (χ3n) is 5.92. The number of rotatable bonds is 6. The molecule has 4 N–H and O–H groups in total. The van der Waals surface area contributed by atoms with Crippen LogP contribution in [0.2, 0.25) is 0 Å². The number of nitrogens with one attached hydrogen (secondary N) is 1. The third kappa shape index (κ3) is 4.99. The van der Waals surface area contributed by atoms with Gasteiger partial charge in [-0.15, -0.1) is 0 Å². The highest BCUT2D eigenvalue weighted by molar-refractivity contribution is 7.92. The lowest BCUT2D eigenvalue weighted by Gasteiger charge is -2.27. The molecule has 0 bridgehead atoms. The summed E-state index contributed by atoms with van der Waals surface area (Å²) in [5.74, 6) is -0.0278. The topological polar surface area (TPSA) is 183 Å². The number of anilines is 2. The summed E-state index contributed by atoms with van der Waals surface area (Å²) in [6.07, 6.45) is 3.49. The largest absolute Gasteiger partial charge is 0.480 e. The Morgan fingerprint density at radius 2 is 1.82 bits per heavy atom. The zero-order valence-corrected chi connectivity index (χ0v) is 21.0. The highest BCUT2D eigenvalue weighted by Gasteiger charge is 2.22. The number of ether oxygens (including phenoxy) is 2. The van der Waals surface area contributed by atoms with Crippen LogP contribution in [0.4, 0.5) is 11.5 Å². The number of morpholine rings is 1. The van der Waals surface area contributed by atoms with Gasteiger partial charge in [-0.05, 0) is 29.8 Å². The number of fused-ring (bicyclic) bond motifs is 1. The molecule has 0 spiro atoms. The zero-order chi connectivity index (χ0) is 26.9. The summed E-state index contributed by atoms with van der Waals surface area (Å²) in [4.78, 5) is 30.1. The first kappa shape index (κ1) is 25.1. The molecule has 1 saturated heterocycles. The normalized spacial score (nSPS) is 13.9. The molecule has 1 aromatic carbocycles. The summed E-state index contributed by atoms with van der Waals surface area (Å²) in [5.41, 5.74) is 8.35. The molecule has 0 saturated carbocycles. The minimum atomic E-state index is -4.11. The molecule has 0 unspecified atom stereocenters. The van der Waals surface area contributed by atoms with Crippen LogP contribution in [0.5, 0.6) is 11.9 Å². The summed E-state index contributed by atoms with van der Waals surface area (Å²) in [7, 11) is -2.74. The van der Waals surface area contributed by atoms with Crippen molar-refractivity contribution in [1.82, 2.24) is 24.8 Å². The molecule has 1 fully saturated rings. The van der Waals surface area contributed by atoms with Gasteiger partial charge in [0.05, 0.1) is 43.8 Å². The molecule has 1 aliphatic heterocycles. The lowest BCUT2D eigenvalue weighted by molar-refractivity contribution is 0.0303. The van der Waals surface area contributed by atoms with Gasteiger partial charge in [0.2, 0.25) is 5.88 Å². The average molecular weight is 538 g/mol. The number of pyridine rings is 2. The second-order valence-corrected chi connectivity index (χ2v) is 10.0. The van der Waals surface area contributed by atoms with Crippen molar-refractivity contribution in [1.29, 1.82) is 0 Å². The lowest BCUT2D eigenvalue weighted by atomic mass is 10.0. The minimum absolute atomic E-state index is 0.0469. The first-order valence-electron chi connectivity index (χ1n) is 11.4. The van der Waals surface area contributed by atoms with Gasteiger partial charge in [-0.2, -0.15) is 0 Å². The fourth-order valence-corrected chi connectivity index (χ4v) is 4.91. The van der Waals surface area contributed by atoms with Crippen LogP contribution in [-0.4, -0.2) is 77.7 Å². The number of carbonyl (C=O) groups is 1. The number of carbonyl (C=O) groups excluding carboxylic acids is 1. The van der Waals surface area contributed by atoms with Crippen LogP contribution >= 0.6 is 0 Å². The Labute approximate surface area is 217 Å². The molecule has 1 amide bonds. The van der Waals surface area contributed by atoms with Crippen molar-refractivity contribution in [2.45, 2.75) is 4.90 Å². The molecular formula is C24H23N7O6S. The van der Waals surface area contributed by atoms with Crippen molar-refractivity contribution in [3.05, 3.63) is 54.5 Å². The number of hydrogen-bond donors (Lipinski definition) is 3. The van der Waals surface area contributed by atoms with Crippen molar-refractivity contribution in [3.8, 4) is 23.0 Å². The Morgan fingerprint density at radius 1 is 1.08 bits per heavy atom. The number of aromatic hydroxyl groups is 1. The molecule has 4 heterocycles. The van der Waals surface area contributed by atoms with E-state index in [0.717, 1.165) is 12.4 Å². The van der Waals surface area contributed by atoms with Crippen LogP contribution < -0.4 is 15.2 Å². The van der Waals surface area contributed by atoms with Gasteiger partial charge in [0.25, 0.3) is 15.9 Å². The smallest absolute Gasteiger partial charge is 0.313 e. The van der Waals surface area contributed by atoms with Crippen LogP contribution in [0, 0.1) is 0 Å². The Hall–Kier alpha value is -4.56. The molecule has 0 atom stereocenters. The number of hydrogen-bond acceptors (Lipinski definition) is 11. The van der Waals surface area contributed by atoms with Crippen LogP contribution in [0.3, 0.4) is 0 Å². The average Bonchev–Trinajstić information content (AvgIpc) is 2.92. The van der Waals surface area contributed by atoms with Crippen molar-refractivity contribution in [2.75, 3.05) is 43.9 Å². The molecule has 196 valence electrons. The minimum Gasteiger partial charge on any atom is -0.480 e. The van der Waals surface area contributed by atoms with E-state index in [4.69, 9.17) is 15.2 Å². The summed E-state index contributed by atoms with van der Waals surface area (Å²) < 4.78 is 38.7. The number of nitrogens with zero attached hydrogens (tertiary/aromatic N) is 5. The fraction of sp³-hybridized carbons (Fsp3) is 0.208. The number of methoxy groups -OCH3 is 1. The van der Waals surface area contributed by atoms with E-state index in [1.165, 1.54) is 13.3 Å². The van der Waals surface area contributed by atoms with Gasteiger partial charge in [0, 0.05) is 30.2 Å². The molecular weight excluding hydrogens is 514 g/mol. The number of sulfonamides is 1. The summed E-state index contributed by atoms with van der Waals surface area (Å²) in [6, 6.07) is 8.07. The van der Waals surface area contributed by atoms with Gasteiger partial charge in [0.15, 0.2) is 0 Å². The van der Waals surface area contributed by atoms with E-state index in [0.29, 0.717) is 53.9 Å². The molecule has 13 nitrogen and oxygen atoms in total. The molecule has 0 radical (unpaired) electrons. The number of nitrogen functional groups attached to an aromatic ring is 1. The Bertz CT molecular complexity index is 1620. The second kappa shape index (κ2) is 10.1. The lowest BCUT2D eigenvalue weighted by Crippen LogP contribution is -2.41. The van der Waals surface area contributed by atoms with Gasteiger partial charge in [-0.25, -0.2) is 28.4 Å². The van der Waals surface area contributed by atoms with Gasteiger partial charge >= 0.3 is 6.01 Å². The van der Waals surface area contributed by atoms with Crippen molar-refractivity contribution < 1.29 is 27.8 Å². The van der Waals surface area contributed by atoms with Gasteiger partial charge < -0.3 is 25.2 Å². The fourth-order valence-electron chi connectivity index (χ4n) is 3.98.